The Kier molecular flexibility index (Phi) is 13.9. The van der Waals surface area contributed by atoms with Crippen molar-refractivity contribution in [2.24, 2.45) is 11.8 Å². The first-order valence-electron chi connectivity index (χ1n) is 22.8. The predicted octanol–water partition coefficient (Wildman–Crippen LogP) is 10.1. The Morgan fingerprint density at radius 2 is 1.42 bits per heavy atom. The van der Waals surface area contributed by atoms with Crippen LogP contribution in [0.2, 0.25) is 0 Å². The van der Waals surface area contributed by atoms with Crippen molar-refractivity contribution in [3.05, 3.63) is 64.7 Å². The van der Waals surface area contributed by atoms with Gasteiger partial charge in [0, 0.05) is 47.1 Å². The van der Waals surface area contributed by atoms with E-state index >= 15 is 0 Å². The van der Waals surface area contributed by atoms with Crippen LogP contribution < -0.4 is 14.8 Å². The summed E-state index contributed by atoms with van der Waals surface area (Å²) in [6, 6.07) is 12.4. The molecule has 60 heavy (non-hydrogen) atoms. The number of rotatable bonds is 20. The maximum absolute atomic E-state index is 14.1. The average molecular weight is 839 g/mol. The van der Waals surface area contributed by atoms with E-state index in [1.54, 1.807) is 36.4 Å². The Labute approximate surface area is 356 Å². The summed E-state index contributed by atoms with van der Waals surface area (Å²) in [6.45, 7) is 9.97. The maximum atomic E-state index is 14.1. The minimum Gasteiger partial charge on any atom is -0.507 e. The van der Waals surface area contributed by atoms with Crippen molar-refractivity contribution in [3.63, 3.8) is 0 Å². The molecule has 0 aliphatic heterocycles. The number of hydrogen-bond donors (Lipinski definition) is 3. The maximum Gasteiger partial charge on any atom is 0.232 e. The zero-order valence-corrected chi connectivity index (χ0v) is 37.1. The van der Waals surface area contributed by atoms with E-state index in [1.807, 2.05) is 26.8 Å². The van der Waals surface area contributed by atoms with Gasteiger partial charge in [-0.3, -0.25) is 9.52 Å². The lowest BCUT2D eigenvalue weighted by molar-refractivity contribution is -0.109. The lowest BCUT2D eigenvalue weighted by Gasteiger charge is -2.28. The van der Waals surface area contributed by atoms with Gasteiger partial charge in [0.1, 0.15) is 11.5 Å². The van der Waals surface area contributed by atoms with E-state index in [1.165, 1.54) is 75.3 Å². The van der Waals surface area contributed by atoms with Gasteiger partial charge in [0.25, 0.3) is 0 Å². The van der Waals surface area contributed by atoms with Gasteiger partial charge in [0.15, 0.2) is 11.5 Å². The molecule has 0 bridgehead atoms. The quantitative estimate of drug-likeness (QED) is 0.0739. The smallest absolute Gasteiger partial charge is 0.232 e. The molecule has 3 aliphatic carbocycles. The van der Waals surface area contributed by atoms with Crippen LogP contribution in [0.3, 0.4) is 0 Å². The Hall–Kier alpha value is -4.45. The SMILES string of the molecule is CCCCCCCCS(=O)(=O)Nc1ccc(-c2nc3c(=C4C(=O)C(c5ccc(N(CCCC6CCCC6)CCCC6CCCC6)cc5O)=C4O)c(C(C)(C)C)nn3n2)cc1. The van der Waals surface area contributed by atoms with Gasteiger partial charge < -0.3 is 15.1 Å². The second kappa shape index (κ2) is 19.1. The van der Waals surface area contributed by atoms with Crippen LogP contribution in [0.25, 0.3) is 28.2 Å². The molecule has 2 saturated carbocycles. The molecule has 0 radical (unpaired) electrons. The van der Waals surface area contributed by atoms with Crippen LogP contribution in [0, 0.1) is 11.8 Å². The lowest BCUT2D eigenvalue weighted by atomic mass is 9.80. The van der Waals surface area contributed by atoms with Crippen molar-refractivity contribution < 1.29 is 23.4 Å². The molecule has 3 aliphatic rings. The number of allylic oxidation sites excluding steroid dienone is 2. The summed E-state index contributed by atoms with van der Waals surface area (Å²) in [5.41, 5.74) is 2.92. The molecule has 4 aromatic rings. The summed E-state index contributed by atoms with van der Waals surface area (Å²) in [5.74, 6) is 1.47. The molecule has 3 N–H and O–H groups in total. The molecule has 0 saturated heterocycles. The van der Waals surface area contributed by atoms with Gasteiger partial charge in [0.05, 0.1) is 27.8 Å². The first kappa shape index (κ1) is 43.6. The number of aliphatic hydroxyl groups excluding tert-OH is 1. The highest BCUT2D eigenvalue weighted by atomic mass is 32.2. The highest BCUT2D eigenvalue weighted by Crippen LogP contribution is 2.42. The number of hydrogen-bond acceptors (Lipinski definition) is 9. The van der Waals surface area contributed by atoms with E-state index in [-0.39, 0.29) is 34.2 Å². The molecule has 0 unspecified atom stereocenters. The van der Waals surface area contributed by atoms with Crippen LogP contribution >= 0.6 is 0 Å². The van der Waals surface area contributed by atoms with Crippen molar-refractivity contribution in [2.75, 3.05) is 28.5 Å². The van der Waals surface area contributed by atoms with E-state index in [4.69, 9.17) is 10.1 Å². The number of aliphatic hydroxyl groups is 1. The van der Waals surface area contributed by atoms with Gasteiger partial charge in [-0.1, -0.05) is 111 Å². The second-order valence-electron chi connectivity index (χ2n) is 18.7. The molecule has 0 amide bonds. The van der Waals surface area contributed by atoms with Crippen LogP contribution in [0.1, 0.15) is 155 Å². The largest absolute Gasteiger partial charge is 0.507 e. The Bertz CT molecular complexity index is 2290. The Morgan fingerprint density at radius 1 is 0.800 bits per heavy atom. The highest BCUT2D eigenvalue weighted by Gasteiger charge is 2.40. The van der Waals surface area contributed by atoms with Crippen LogP contribution in [0.5, 0.6) is 5.75 Å². The van der Waals surface area contributed by atoms with E-state index in [2.05, 4.69) is 21.6 Å². The monoisotopic (exact) mass is 838 g/mol. The summed E-state index contributed by atoms with van der Waals surface area (Å²) in [6.07, 6.45) is 21.5. The van der Waals surface area contributed by atoms with E-state index in [0.717, 1.165) is 69.1 Å². The van der Waals surface area contributed by atoms with Gasteiger partial charge in [-0.2, -0.15) is 5.10 Å². The minimum atomic E-state index is -3.48. The summed E-state index contributed by atoms with van der Waals surface area (Å²) >= 11 is 0. The number of nitrogens with one attached hydrogen (secondary N) is 1. The van der Waals surface area contributed by atoms with Gasteiger partial charge in [-0.25, -0.2) is 13.4 Å². The molecule has 0 spiro atoms. The summed E-state index contributed by atoms with van der Waals surface area (Å²) in [4.78, 5) is 21.3. The number of aromatic nitrogens is 4. The molecule has 11 nitrogen and oxygen atoms in total. The molecule has 7 rings (SSSR count). The molecule has 0 atom stereocenters. The number of unbranched alkanes of at least 4 members (excludes halogenated alkanes) is 5. The molecular weight excluding hydrogens is 773 g/mol. The molecule has 2 aromatic heterocycles. The van der Waals surface area contributed by atoms with Crippen molar-refractivity contribution in [2.45, 2.75) is 149 Å². The third-order valence-corrected chi connectivity index (χ3v) is 14.3. The molecule has 12 heteroatoms. The number of carbonyl (C=O) groups is 1. The van der Waals surface area contributed by atoms with Crippen LogP contribution in [-0.2, 0) is 20.2 Å². The third kappa shape index (κ3) is 10.2. The van der Waals surface area contributed by atoms with Crippen LogP contribution in [0.4, 0.5) is 11.4 Å². The van der Waals surface area contributed by atoms with Gasteiger partial charge in [0.2, 0.25) is 15.8 Å². The standard InChI is InChI=1S/C48H66N6O5S/c1-5-6-7-8-9-14-31-60(58,59)52-36-25-23-35(24-26-36)46-49-47-42(45(48(2,3)4)50-54(47)51-46)41-43(56)40(44(41)57)38-28-27-37(32-39(38)55)53(29-15-21-33-17-10-11-18-33)30-16-22-34-19-12-13-20-34/h23-28,32-34,52,55-56H,5-22,29-31H2,1-4H3. The molecule has 2 aromatic carbocycles. The zero-order valence-electron chi connectivity index (χ0n) is 36.3. The number of carbonyl (C=O) groups excluding carboxylic acids is 1. The number of benzene rings is 2. The molecule has 324 valence electrons. The number of sulfonamides is 1. The van der Waals surface area contributed by atoms with Crippen molar-refractivity contribution in [3.8, 4) is 17.1 Å². The van der Waals surface area contributed by atoms with Crippen LogP contribution in [-0.4, -0.2) is 63.1 Å². The third-order valence-electron chi connectivity index (χ3n) is 13.0. The van der Waals surface area contributed by atoms with Crippen molar-refractivity contribution >= 4 is 44.0 Å². The van der Waals surface area contributed by atoms with Crippen molar-refractivity contribution in [1.82, 2.24) is 19.8 Å². The number of fused-ring (bicyclic) bond motifs is 1. The topological polar surface area (TPSA) is 150 Å². The fourth-order valence-corrected chi connectivity index (χ4v) is 10.8. The number of anilines is 2. The number of nitrogens with zero attached hydrogens (tertiary/aromatic N) is 5. The van der Waals surface area contributed by atoms with Crippen molar-refractivity contribution in [1.29, 1.82) is 0 Å². The molecule has 2 fully saturated rings. The number of phenols is 1. The first-order chi connectivity index (χ1) is 28.8. The first-order valence-corrected chi connectivity index (χ1v) is 24.5. The fourth-order valence-electron chi connectivity index (χ4n) is 9.57. The average Bonchev–Trinajstić information content (AvgIpc) is 4.04. The fraction of sp³-hybridized carbons (Fsp3) is 0.583. The molecule has 2 heterocycles. The second-order valence-corrected chi connectivity index (χ2v) is 20.5. The summed E-state index contributed by atoms with van der Waals surface area (Å²) < 4.78 is 29.5. The van der Waals surface area contributed by atoms with Gasteiger partial charge >= 0.3 is 0 Å². The minimum absolute atomic E-state index is 0.0298. The van der Waals surface area contributed by atoms with E-state index < -0.39 is 15.4 Å². The summed E-state index contributed by atoms with van der Waals surface area (Å²) in [5, 5.41) is 32.9. The van der Waals surface area contributed by atoms with Gasteiger partial charge in [-0.05, 0) is 80.3 Å². The predicted molar refractivity (Wildman–Crippen MR) is 242 cm³/mol. The molecular formula is C48H66N6O5S. The van der Waals surface area contributed by atoms with Gasteiger partial charge in [-0.15, -0.1) is 9.73 Å². The Morgan fingerprint density at radius 3 is 2.00 bits per heavy atom. The number of aromatic hydroxyl groups is 1. The Balaban J connectivity index is 1.11. The van der Waals surface area contributed by atoms with Crippen LogP contribution in [0.15, 0.2) is 48.2 Å². The number of Topliss-reactive ketones (excluding diaryl/α,β-unsaturated/α-hetero) is 1. The number of phenolic OH excluding ortho intramolecular Hbond substituents is 1. The lowest BCUT2D eigenvalue weighted by Crippen LogP contribution is -2.32. The normalized spacial score (nSPS) is 17.6. The summed E-state index contributed by atoms with van der Waals surface area (Å²) in [7, 11) is -3.48. The number of ketones is 1. The van der Waals surface area contributed by atoms with E-state index in [0.29, 0.717) is 45.6 Å². The van der Waals surface area contributed by atoms with E-state index in [9.17, 15) is 23.4 Å². The zero-order chi connectivity index (χ0) is 42.4. The highest BCUT2D eigenvalue weighted by molar-refractivity contribution is 7.92.